The molecule has 5 rings (SSSR count). The highest BCUT2D eigenvalue weighted by Crippen LogP contribution is 2.36. The van der Waals surface area contributed by atoms with Gasteiger partial charge in [-0.3, -0.25) is 15.2 Å². The normalized spacial score (nSPS) is 12.2. The lowest BCUT2D eigenvalue weighted by Crippen LogP contribution is -2.12. The van der Waals surface area contributed by atoms with E-state index >= 15 is 0 Å². The van der Waals surface area contributed by atoms with E-state index in [9.17, 15) is 9.18 Å². The third-order valence-corrected chi connectivity index (χ3v) is 4.92. The zero-order chi connectivity index (χ0) is 19.8. The molecule has 10 heteroatoms. The van der Waals surface area contributed by atoms with E-state index in [2.05, 4.69) is 24.9 Å². The molecule has 0 saturated heterocycles. The summed E-state index contributed by atoms with van der Waals surface area (Å²) in [6, 6.07) is 11.2. The fraction of sp³-hybridized carbons (Fsp3) is 0.0526. The van der Waals surface area contributed by atoms with Gasteiger partial charge in [-0.2, -0.15) is 14.5 Å². The second kappa shape index (κ2) is 6.99. The molecule has 1 aliphatic rings. The molecule has 0 saturated carbocycles. The van der Waals surface area contributed by atoms with Crippen molar-refractivity contribution in [2.24, 2.45) is 0 Å². The minimum Gasteiger partial charge on any atom is -0.454 e. The van der Waals surface area contributed by atoms with Crippen molar-refractivity contribution < 1.29 is 18.7 Å². The van der Waals surface area contributed by atoms with Crippen LogP contribution in [0.3, 0.4) is 0 Å². The highest BCUT2D eigenvalue weighted by atomic mass is 32.1. The molecule has 0 fully saturated rings. The molecule has 4 aromatic rings. The summed E-state index contributed by atoms with van der Waals surface area (Å²) in [4.78, 5) is 17.1. The van der Waals surface area contributed by atoms with Gasteiger partial charge in [0.15, 0.2) is 17.3 Å². The van der Waals surface area contributed by atoms with E-state index in [1.807, 2.05) is 6.07 Å². The zero-order valence-electron chi connectivity index (χ0n) is 14.7. The molecule has 2 aromatic carbocycles. The highest BCUT2D eigenvalue weighted by molar-refractivity contribution is 7.10. The number of nitrogens with zero attached hydrogens (tertiary/aromatic N) is 3. The van der Waals surface area contributed by atoms with E-state index in [0.717, 1.165) is 17.1 Å². The number of benzene rings is 2. The fourth-order valence-corrected chi connectivity index (χ4v) is 3.47. The van der Waals surface area contributed by atoms with E-state index in [1.54, 1.807) is 24.3 Å². The summed E-state index contributed by atoms with van der Waals surface area (Å²) < 4.78 is 28.0. The van der Waals surface area contributed by atoms with Crippen LogP contribution < -0.4 is 14.8 Å². The molecule has 2 aromatic heterocycles. The number of fused-ring (bicyclic) bond motifs is 1. The van der Waals surface area contributed by atoms with Gasteiger partial charge in [-0.1, -0.05) is 0 Å². The lowest BCUT2D eigenvalue weighted by molar-refractivity contribution is 0.102. The number of halogens is 1. The van der Waals surface area contributed by atoms with Crippen molar-refractivity contribution in [1.82, 2.24) is 19.6 Å². The average Bonchev–Trinajstić information content (AvgIpc) is 3.48. The Bertz CT molecular complexity index is 1200. The van der Waals surface area contributed by atoms with Crippen LogP contribution in [0.25, 0.3) is 22.6 Å². The summed E-state index contributed by atoms with van der Waals surface area (Å²) in [5, 5.41) is 9.88. The van der Waals surface area contributed by atoms with Crippen molar-refractivity contribution in [1.29, 1.82) is 0 Å². The Labute approximate surface area is 167 Å². The minimum absolute atomic E-state index is 0.169. The third-order valence-electron chi connectivity index (χ3n) is 4.29. The number of aromatic amines is 1. The van der Waals surface area contributed by atoms with Crippen LogP contribution in [-0.2, 0) is 0 Å². The number of ether oxygens (including phenoxy) is 2. The molecule has 0 aliphatic carbocycles. The number of amides is 1. The Balaban J connectivity index is 1.37. The summed E-state index contributed by atoms with van der Waals surface area (Å²) in [5.74, 6) is 0.952. The van der Waals surface area contributed by atoms with Crippen molar-refractivity contribution in [3.8, 4) is 34.1 Å². The Morgan fingerprint density at radius 3 is 2.76 bits per heavy atom. The summed E-state index contributed by atoms with van der Waals surface area (Å²) in [7, 11) is 0. The summed E-state index contributed by atoms with van der Waals surface area (Å²) >= 11 is 1.04. The van der Waals surface area contributed by atoms with Gasteiger partial charge in [0.1, 0.15) is 5.82 Å². The Morgan fingerprint density at radius 2 is 1.90 bits per heavy atom. The standard InChI is InChI=1S/C19H12FN5O3S/c20-12-4-1-10(2-5-12)17-22-19(29-25-17)23-18(26)13-8-21-24-16(13)11-3-6-14-15(7-11)28-9-27-14/h1-8H,9H2,(H,21,24)(H,22,23,25,26). The van der Waals surface area contributed by atoms with Crippen LogP contribution in [0.2, 0.25) is 0 Å². The molecule has 0 unspecified atom stereocenters. The first-order valence-corrected chi connectivity index (χ1v) is 9.29. The molecule has 1 aliphatic heterocycles. The first-order chi connectivity index (χ1) is 14.2. The predicted molar refractivity (Wildman–Crippen MR) is 103 cm³/mol. The lowest BCUT2D eigenvalue weighted by atomic mass is 10.1. The fourth-order valence-electron chi connectivity index (χ4n) is 2.89. The van der Waals surface area contributed by atoms with Crippen molar-refractivity contribution in [2.45, 2.75) is 0 Å². The number of anilines is 1. The van der Waals surface area contributed by atoms with Gasteiger partial charge in [0, 0.05) is 22.7 Å². The van der Waals surface area contributed by atoms with Crippen LogP contribution in [0.5, 0.6) is 11.5 Å². The van der Waals surface area contributed by atoms with Crippen molar-refractivity contribution in [3.63, 3.8) is 0 Å². The third kappa shape index (κ3) is 3.29. The monoisotopic (exact) mass is 409 g/mol. The van der Waals surface area contributed by atoms with Crippen LogP contribution in [0.15, 0.2) is 48.7 Å². The van der Waals surface area contributed by atoms with Crippen molar-refractivity contribution in [3.05, 3.63) is 60.0 Å². The van der Waals surface area contributed by atoms with Gasteiger partial charge in [0.25, 0.3) is 5.91 Å². The van der Waals surface area contributed by atoms with Crippen LogP contribution >= 0.6 is 11.5 Å². The first-order valence-electron chi connectivity index (χ1n) is 8.52. The minimum atomic E-state index is -0.381. The second-order valence-corrected chi connectivity index (χ2v) is 6.86. The van der Waals surface area contributed by atoms with Gasteiger partial charge in [-0.15, -0.1) is 0 Å². The summed E-state index contributed by atoms with van der Waals surface area (Å²) in [5.41, 5.74) is 2.29. The molecule has 0 spiro atoms. The van der Waals surface area contributed by atoms with Crippen molar-refractivity contribution in [2.75, 3.05) is 12.1 Å². The Morgan fingerprint density at radius 1 is 1.10 bits per heavy atom. The van der Waals surface area contributed by atoms with Gasteiger partial charge < -0.3 is 9.47 Å². The molecule has 0 radical (unpaired) electrons. The Hall–Kier alpha value is -3.79. The smallest absolute Gasteiger partial charge is 0.261 e. The van der Waals surface area contributed by atoms with E-state index in [-0.39, 0.29) is 18.5 Å². The number of hydrogen-bond donors (Lipinski definition) is 2. The number of hydrogen-bond acceptors (Lipinski definition) is 7. The predicted octanol–water partition coefficient (Wildman–Crippen LogP) is 3.72. The highest BCUT2D eigenvalue weighted by Gasteiger charge is 2.20. The number of carbonyl (C=O) groups excluding carboxylic acids is 1. The molecule has 3 heterocycles. The zero-order valence-corrected chi connectivity index (χ0v) is 15.5. The molecule has 144 valence electrons. The van der Waals surface area contributed by atoms with E-state index in [1.165, 1.54) is 18.3 Å². The average molecular weight is 409 g/mol. The number of nitrogens with one attached hydrogen (secondary N) is 2. The van der Waals surface area contributed by atoms with Gasteiger partial charge in [-0.05, 0) is 42.5 Å². The SMILES string of the molecule is O=C(Nc1nc(-c2ccc(F)cc2)ns1)c1cn[nH]c1-c1ccc2c(c1)OCO2. The molecular weight excluding hydrogens is 397 g/mol. The van der Waals surface area contributed by atoms with Gasteiger partial charge >= 0.3 is 0 Å². The van der Waals surface area contributed by atoms with E-state index < -0.39 is 0 Å². The molecule has 1 amide bonds. The molecule has 0 atom stereocenters. The van der Waals surface area contributed by atoms with Crippen LogP contribution in [0.4, 0.5) is 9.52 Å². The lowest BCUT2D eigenvalue weighted by Gasteiger charge is -2.04. The largest absolute Gasteiger partial charge is 0.454 e. The molecule has 29 heavy (non-hydrogen) atoms. The van der Waals surface area contributed by atoms with Crippen LogP contribution in [-0.4, -0.2) is 32.3 Å². The maximum atomic E-state index is 13.1. The number of rotatable bonds is 4. The van der Waals surface area contributed by atoms with E-state index in [0.29, 0.717) is 39.3 Å². The molecule has 8 nitrogen and oxygen atoms in total. The van der Waals surface area contributed by atoms with Crippen molar-refractivity contribution >= 4 is 22.6 Å². The Kier molecular flexibility index (Phi) is 4.17. The molecular formula is C19H12FN5O3S. The topological polar surface area (TPSA) is 102 Å². The number of carbonyl (C=O) groups is 1. The van der Waals surface area contributed by atoms with Gasteiger partial charge in [0.2, 0.25) is 11.9 Å². The maximum absolute atomic E-state index is 13.1. The number of aromatic nitrogens is 4. The quantitative estimate of drug-likeness (QED) is 0.533. The van der Waals surface area contributed by atoms with E-state index in [4.69, 9.17) is 9.47 Å². The summed E-state index contributed by atoms with van der Waals surface area (Å²) in [6.07, 6.45) is 1.44. The number of H-pyrrole nitrogens is 1. The van der Waals surface area contributed by atoms with Crippen LogP contribution in [0, 0.1) is 5.82 Å². The second-order valence-electron chi connectivity index (χ2n) is 6.11. The van der Waals surface area contributed by atoms with Gasteiger partial charge in [-0.25, -0.2) is 4.39 Å². The van der Waals surface area contributed by atoms with Crippen LogP contribution in [0.1, 0.15) is 10.4 Å². The first kappa shape index (κ1) is 17.3. The molecule has 2 N–H and O–H groups in total. The summed E-state index contributed by atoms with van der Waals surface area (Å²) in [6.45, 7) is 0.169. The molecule has 0 bridgehead atoms. The van der Waals surface area contributed by atoms with Gasteiger partial charge in [0.05, 0.1) is 17.5 Å². The maximum Gasteiger partial charge on any atom is 0.261 e.